The highest BCUT2D eigenvalue weighted by Crippen LogP contribution is 2.60. The summed E-state index contributed by atoms with van der Waals surface area (Å²) in [5.74, 6) is 0.745. The van der Waals surface area contributed by atoms with E-state index in [4.69, 9.17) is 18.0 Å². The van der Waals surface area contributed by atoms with Crippen molar-refractivity contribution < 1.29 is 8.42 Å². The lowest BCUT2D eigenvalue weighted by Crippen LogP contribution is -2.43. The van der Waals surface area contributed by atoms with Crippen molar-refractivity contribution in [2.24, 2.45) is 17.1 Å². The van der Waals surface area contributed by atoms with Gasteiger partial charge in [0, 0.05) is 6.54 Å². The maximum atomic E-state index is 12.0. The fraction of sp³-hybridized carbons (Fsp3) is 0.909. The topological polar surface area (TPSA) is 72.2 Å². The predicted octanol–water partition coefficient (Wildman–Crippen LogP) is 1.16. The quantitative estimate of drug-likeness (QED) is 0.685. The first-order valence-electron chi connectivity index (χ1n) is 6.19. The van der Waals surface area contributed by atoms with Crippen LogP contribution in [0.3, 0.4) is 0 Å². The van der Waals surface area contributed by atoms with Gasteiger partial charge in [0.25, 0.3) is 0 Å². The summed E-state index contributed by atoms with van der Waals surface area (Å²) >= 11 is 4.81. The van der Waals surface area contributed by atoms with Crippen LogP contribution in [0.25, 0.3) is 0 Å². The van der Waals surface area contributed by atoms with E-state index in [2.05, 4.69) is 4.72 Å². The molecule has 0 aromatic rings. The SMILES string of the molecule is CCC(C(N)=S)S(=O)(=O)NCC1(C2CC2)CC1. The predicted molar refractivity (Wildman–Crippen MR) is 72.2 cm³/mol. The molecule has 0 saturated heterocycles. The zero-order valence-electron chi connectivity index (χ0n) is 10.1. The second kappa shape index (κ2) is 4.48. The van der Waals surface area contributed by atoms with Crippen LogP contribution in [0.4, 0.5) is 0 Å². The highest BCUT2D eigenvalue weighted by Gasteiger charge is 2.53. The van der Waals surface area contributed by atoms with Gasteiger partial charge in [0.15, 0.2) is 0 Å². The Labute approximate surface area is 108 Å². The van der Waals surface area contributed by atoms with Crippen molar-refractivity contribution in [3.63, 3.8) is 0 Å². The molecule has 0 bridgehead atoms. The Balaban J connectivity index is 1.95. The van der Waals surface area contributed by atoms with Crippen LogP contribution in [0.1, 0.15) is 39.0 Å². The van der Waals surface area contributed by atoms with E-state index in [9.17, 15) is 8.42 Å². The minimum absolute atomic E-state index is 0.0660. The number of hydrogen-bond acceptors (Lipinski definition) is 3. The second-order valence-electron chi connectivity index (χ2n) is 5.30. The van der Waals surface area contributed by atoms with Gasteiger partial charge in [-0.1, -0.05) is 19.1 Å². The molecule has 0 amide bonds. The van der Waals surface area contributed by atoms with Gasteiger partial charge in [0.2, 0.25) is 10.0 Å². The monoisotopic (exact) mass is 276 g/mol. The third kappa shape index (κ3) is 2.80. The van der Waals surface area contributed by atoms with Crippen molar-refractivity contribution >= 4 is 27.2 Å². The Bertz CT molecular complexity index is 411. The third-order valence-electron chi connectivity index (χ3n) is 4.02. The average molecular weight is 276 g/mol. The van der Waals surface area contributed by atoms with Gasteiger partial charge in [-0.3, -0.25) is 0 Å². The van der Waals surface area contributed by atoms with Crippen molar-refractivity contribution in [1.82, 2.24) is 4.72 Å². The standard InChI is InChI=1S/C11H20N2O2S2/c1-2-9(10(12)16)17(14,15)13-7-11(5-6-11)8-3-4-8/h8-9,13H,2-7H2,1H3,(H2,12,16). The molecular weight excluding hydrogens is 256 g/mol. The fourth-order valence-electron chi connectivity index (χ4n) is 2.50. The molecule has 0 heterocycles. The summed E-state index contributed by atoms with van der Waals surface area (Å²) < 4.78 is 26.8. The van der Waals surface area contributed by atoms with Crippen LogP contribution in [-0.2, 0) is 10.0 Å². The Hall–Kier alpha value is -0.200. The Kier molecular flexibility index (Phi) is 3.49. The van der Waals surface area contributed by atoms with E-state index in [0.717, 1.165) is 18.8 Å². The molecule has 0 aromatic heterocycles. The summed E-state index contributed by atoms with van der Waals surface area (Å²) in [6.07, 6.45) is 5.26. The van der Waals surface area contributed by atoms with Gasteiger partial charge in [0.1, 0.15) is 5.25 Å². The van der Waals surface area contributed by atoms with Crippen molar-refractivity contribution in [1.29, 1.82) is 0 Å². The fourth-order valence-corrected chi connectivity index (χ4v) is 4.49. The van der Waals surface area contributed by atoms with Gasteiger partial charge in [-0.2, -0.15) is 0 Å². The zero-order valence-corrected chi connectivity index (χ0v) is 11.7. The van der Waals surface area contributed by atoms with Crippen molar-refractivity contribution in [2.45, 2.75) is 44.3 Å². The normalized spacial score (nSPS) is 24.3. The van der Waals surface area contributed by atoms with Gasteiger partial charge in [-0.25, -0.2) is 13.1 Å². The van der Waals surface area contributed by atoms with Crippen LogP contribution >= 0.6 is 12.2 Å². The minimum atomic E-state index is -3.39. The Morgan fingerprint density at radius 1 is 1.53 bits per heavy atom. The van der Waals surface area contributed by atoms with E-state index in [0.29, 0.717) is 13.0 Å². The van der Waals surface area contributed by atoms with Crippen LogP contribution in [0, 0.1) is 11.3 Å². The highest BCUT2D eigenvalue weighted by atomic mass is 32.2. The molecular formula is C11H20N2O2S2. The summed E-state index contributed by atoms with van der Waals surface area (Å²) in [6.45, 7) is 2.36. The third-order valence-corrected chi connectivity index (χ3v) is 6.34. The minimum Gasteiger partial charge on any atom is -0.392 e. The number of hydrogen-bond donors (Lipinski definition) is 2. The van der Waals surface area contributed by atoms with Crippen molar-refractivity contribution in [2.75, 3.05) is 6.54 Å². The maximum Gasteiger partial charge on any atom is 0.221 e. The molecule has 1 atom stereocenters. The van der Waals surface area contributed by atoms with E-state index in [-0.39, 0.29) is 10.4 Å². The number of thiocarbonyl (C=S) groups is 1. The number of nitrogens with one attached hydrogen (secondary N) is 1. The van der Waals surface area contributed by atoms with Gasteiger partial charge in [0.05, 0.1) is 4.99 Å². The number of rotatable bonds is 7. The first kappa shape index (κ1) is 13.2. The first-order chi connectivity index (χ1) is 7.91. The Morgan fingerprint density at radius 2 is 2.12 bits per heavy atom. The Morgan fingerprint density at radius 3 is 2.47 bits per heavy atom. The molecule has 6 heteroatoms. The van der Waals surface area contributed by atoms with Crippen molar-refractivity contribution in [3.05, 3.63) is 0 Å². The molecule has 0 spiro atoms. The van der Waals surface area contributed by atoms with E-state index in [1.165, 1.54) is 12.8 Å². The molecule has 2 aliphatic rings. The van der Waals surface area contributed by atoms with Crippen LogP contribution in [0.5, 0.6) is 0 Å². The zero-order chi connectivity index (χ0) is 12.7. The lowest BCUT2D eigenvalue weighted by atomic mass is 10.0. The molecule has 1 unspecified atom stereocenters. The molecule has 17 heavy (non-hydrogen) atoms. The largest absolute Gasteiger partial charge is 0.392 e. The molecule has 0 radical (unpaired) electrons. The maximum absolute atomic E-state index is 12.0. The summed E-state index contributed by atoms with van der Waals surface area (Å²) in [7, 11) is -3.39. The molecule has 0 aliphatic heterocycles. The first-order valence-corrected chi connectivity index (χ1v) is 8.14. The summed E-state index contributed by atoms with van der Waals surface area (Å²) in [6, 6.07) is 0. The van der Waals surface area contributed by atoms with E-state index < -0.39 is 15.3 Å². The van der Waals surface area contributed by atoms with E-state index >= 15 is 0 Å². The smallest absolute Gasteiger partial charge is 0.221 e. The van der Waals surface area contributed by atoms with Gasteiger partial charge in [-0.15, -0.1) is 0 Å². The summed E-state index contributed by atoms with van der Waals surface area (Å²) in [5, 5.41) is -0.729. The molecule has 0 aromatic carbocycles. The van der Waals surface area contributed by atoms with Gasteiger partial charge >= 0.3 is 0 Å². The summed E-state index contributed by atoms with van der Waals surface area (Å²) in [4.78, 5) is 0.0660. The molecule has 2 aliphatic carbocycles. The summed E-state index contributed by atoms with van der Waals surface area (Å²) in [5.41, 5.74) is 5.74. The van der Waals surface area contributed by atoms with E-state index in [1.807, 2.05) is 0 Å². The van der Waals surface area contributed by atoms with E-state index in [1.54, 1.807) is 6.92 Å². The molecule has 4 nitrogen and oxygen atoms in total. The van der Waals surface area contributed by atoms with Gasteiger partial charge in [-0.05, 0) is 43.4 Å². The van der Waals surface area contributed by atoms with Crippen LogP contribution in [0.15, 0.2) is 0 Å². The van der Waals surface area contributed by atoms with Crippen LogP contribution in [0.2, 0.25) is 0 Å². The lowest BCUT2D eigenvalue weighted by molar-refractivity contribution is 0.431. The lowest BCUT2D eigenvalue weighted by Gasteiger charge is -2.19. The molecule has 2 saturated carbocycles. The molecule has 2 rings (SSSR count). The van der Waals surface area contributed by atoms with Crippen LogP contribution < -0.4 is 10.5 Å². The second-order valence-corrected chi connectivity index (χ2v) is 7.72. The van der Waals surface area contributed by atoms with Crippen molar-refractivity contribution in [3.8, 4) is 0 Å². The molecule has 2 fully saturated rings. The number of nitrogens with two attached hydrogens (primary N) is 1. The highest BCUT2D eigenvalue weighted by molar-refractivity contribution is 7.93. The molecule has 98 valence electrons. The molecule has 3 N–H and O–H groups in total. The number of sulfonamides is 1. The van der Waals surface area contributed by atoms with Gasteiger partial charge < -0.3 is 5.73 Å². The van der Waals surface area contributed by atoms with Crippen LogP contribution in [-0.4, -0.2) is 25.2 Å². The average Bonchev–Trinajstić information content (AvgIpc) is 3.09.